The zero-order valence-corrected chi connectivity index (χ0v) is 15.2. The van der Waals surface area contributed by atoms with Gasteiger partial charge in [0.2, 0.25) is 0 Å². The maximum atomic E-state index is 13.3. The van der Waals surface area contributed by atoms with Crippen molar-refractivity contribution in [2.75, 3.05) is 6.54 Å². The Labute approximate surface area is 158 Å². The smallest absolute Gasteiger partial charge is 0.274 e. The van der Waals surface area contributed by atoms with Crippen LogP contribution in [0.15, 0.2) is 36.4 Å². The molecule has 7 heteroatoms. The van der Waals surface area contributed by atoms with Crippen molar-refractivity contribution in [1.82, 2.24) is 20.0 Å². The summed E-state index contributed by atoms with van der Waals surface area (Å²) in [7, 11) is 0. The van der Waals surface area contributed by atoms with Crippen molar-refractivity contribution >= 4 is 11.8 Å². The number of hydrogen-bond donors (Lipinski definition) is 2. The average Bonchev–Trinajstić information content (AvgIpc) is 3.32. The van der Waals surface area contributed by atoms with Gasteiger partial charge in [-0.2, -0.15) is 5.10 Å². The zero-order chi connectivity index (χ0) is 18.8. The summed E-state index contributed by atoms with van der Waals surface area (Å²) in [5, 5.41) is 16.9. The maximum absolute atomic E-state index is 13.3. The number of rotatable bonds is 4. The van der Waals surface area contributed by atoms with Gasteiger partial charge in [0.1, 0.15) is 5.69 Å². The summed E-state index contributed by atoms with van der Waals surface area (Å²) in [5.74, 6) is -0.470. The maximum Gasteiger partial charge on any atom is 0.274 e. The van der Waals surface area contributed by atoms with Crippen LogP contribution < -0.4 is 5.32 Å². The van der Waals surface area contributed by atoms with E-state index >= 15 is 0 Å². The van der Waals surface area contributed by atoms with Crippen molar-refractivity contribution in [2.45, 2.75) is 50.9 Å². The second-order valence-electron chi connectivity index (χ2n) is 7.32. The van der Waals surface area contributed by atoms with Gasteiger partial charge in [-0.3, -0.25) is 14.3 Å². The fourth-order valence-corrected chi connectivity index (χ4v) is 3.92. The number of β-amino-alcohol motifs (C(OH)–C–C–N with tert-alkyl or cyclic N) is 1. The standard InChI is InChI=1S/C20H24N4O3/c25-16-11-21-19(26)18-10-17(22-24(18)13-16)20(27)23(15-8-4-5-9-15)12-14-6-2-1-3-7-14/h1-3,6-7,10,15-16,25H,4-5,8-9,11-13H2,(H,21,26)/t16-/m0/s1. The minimum absolute atomic E-state index is 0.159. The Bertz CT molecular complexity index is 827. The van der Waals surface area contributed by atoms with Crippen molar-refractivity contribution in [3.05, 3.63) is 53.3 Å². The van der Waals surface area contributed by atoms with E-state index in [1.54, 1.807) is 6.07 Å². The number of carbonyl (C=O) groups is 2. The van der Waals surface area contributed by atoms with Crippen LogP contribution in [0.3, 0.4) is 0 Å². The van der Waals surface area contributed by atoms with Gasteiger partial charge in [-0.15, -0.1) is 0 Å². The first-order valence-corrected chi connectivity index (χ1v) is 9.51. The molecule has 1 saturated carbocycles. The zero-order valence-electron chi connectivity index (χ0n) is 15.2. The summed E-state index contributed by atoms with van der Waals surface area (Å²) in [5.41, 5.74) is 1.66. The van der Waals surface area contributed by atoms with Crippen LogP contribution in [0, 0.1) is 0 Å². The Balaban J connectivity index is 1.62. The van der Waals surface area contributed by atoms with E-state index in [0.29, 0.717) is 12.2 Å². The third kappa shape index (κ3) is 3.73. The third-order valence-electron chi connectivity index (χ3n) is 5.34. The highest BCUT2D eigenvalue weighted by Gasteiger charge is 2.31. The lowest BCUT2D eigenvalue weighted by molar-refractivity contribution is 0.0656. The molecular formula is C20H24N4O3. The van der Waals surface area contributed by atoms with Crippen LogP contribution in [-0.4, -0.2) is 50.3 Å². The Morgan fingerprint density at radius 3 is 2.74 bits per heavy atom. The van der Waals surface area contributed by atoms with E-state index in [1.165, 1.54) is 4.68 Å². The second kappa shape index (κ2) is 7.52. The predicted molar refractivity (Wildman–Crippen MR) is 99.1 cm³/mol. The molecule has 0 saturated heterocycles. The summed E-state index contributed by atoms with van der Waals surface area (Å²) in [6.07, 6.45) is 3.51. The molecule has 0 spiro atoms. The highest BCUT2D eigenvalue weighted by atomic mass is 16.3. The molecule has 0 unspecified atom stereocenters. The van der Waals surface area contributed by atoms with Crippen LogP contribution in [0.5, 0.6) is 0 Å². The van der Waals surface area contributed by atoms with Gasteiger partial charge in [-0.1, -0.05) is 43.2 Å². The first-order chi connectivity index (χ1) is 13.1. The molecule has 1 aromatic heterocycles. The van der Waals surface area contributed by atoms with Gasteiger partial charge in [-0.25, -0.2) is 0 Å². The normalized spacial score (nSPS) is 20.0. The summed E-state index contributed by atoms with van der Waals surface area (Å²) in [4.78, 5) is 27.4. The molecular weight excluding hydrogens is 344 g/mol. The van der Waals surface area contributed by atoms with E-state index in [1.807, 2.05) is 35.2 Å². The van der Waals surface area contributed by atoms with Gasteiger partial charge in [0, 0.05) is 25.2 Å². The number of aliphatic hydroxyl groups is 1. The van der Waals surface area contributed by atoms with E-state index in [2.05, 4.69) is 10.4 Å². The Morgan fingerprint density at radius 1 is 1.26 bits per heavy atom. The Hall–Kier alpha value is -2.67. The minimum Gasteiger partial charge on any atom is -0.389 e. The Kier molecular flexibility index (Phi) is 4.94. The van der Waals surface area contributed by atoms with E-state index < -0.39 is 6.10 Å². The molecule has 27 heavy (non-hydrogen) atoms. The summed E-state index contributed by atoms with van der Waals surface area (Å²) in [6, 6.07) is 11.7. The molecule has 0 radical (unpaired) electrons. The molecule has 7 nitrogen and oxygen atoms in total. The number of amides is 2. The van der Waals surface area contributed by atoms with Crippen LogP contribution in [0.2, 0.25) is 0 Å². The van der Waals surface area contributed by atoms with Crippen LogP contribution in [-0.2, 0) is 13.1 Å². The van der Waals surface area contributed by atoms with Crippen LogP contribution in [0.4, 0.5) is 0 Å². The van der Waals surface area contributed by atoms with Gasteiger partial charge in [0.05, 0.1) is 12.6 Å². The van der Waals surface area contributed by atoms with Gasteiger partial charge >= 0.3 is 0 Å². The van der Waals surface area contributed by atoms with Crippen LogP contribution in [0.1, 0.15) is 52.2 Å². The first-order valence-electron chi connectivity index (χ1n) is 9.51. The molecule has 2 heterocycles. The van der Waals surface area contributed by atoms with Crippen molar-refractivity contribution in [2.24, 2.45) is 0 Å². The van der Waals surface area contributed by atoms with E-state index in [9.17, 15) is 14.7 Å². The number of carbonyl (C=O) groups excluding carboxylic acids is 2. The molecule has 142 valence electrons. The molecule has 4 rings (SSSR count). The largest absolute Gasteiger partial charge is 0.389 e. The molecule has 2 aliphatic rings. The van der Waals surface area contributed by atoms with Crippen molar-refractivity contribution in [1.29, 1.82) is 0 Å². The van der Waals surface area contributed by atoms with Gasteiger partial charge in [0.15, 0.2) is 5.69 Å². The molecule has 1 fully saturated rings. The van der Waals surface area contributed by atoms with Crippen LogP contribution in [0.25, 0.3) is 0 Å². The molecule has 2 N–H and O–H groups in total. The Morgan fingerprint density at radius 2 is 2.00 bits per heavy atom. The van der Waals surface area contributed by atoms with Crippen molar-refractivity contribution < 1.29 is 14.7 Å². The fraction of sp³-hybridized carbons (Fsp3) is 0.450. The molecule has 2 aromatic rings. The van der Waals surface area contributed by atoms with Gasteiger partial charge < -0.3 is 15.3 Å². The first kappa shape index (κ1) is 17.7. The molecule has 1 aromatic carbocycles. The van der Waals surface area contributed by atoms with Crippen molar-refractivity contribution in [3.63, 3.8) is 0 Å². The highest BCUT2D eigenvalue weighted by molar-refractivity contribution is 5.98. The number of hydrogen-bond acceptors (Lipinski definition) is 4. The number of benzene rings is 1. The monoisotopic (exact) mass is 368 g/mol. The lowest BCUT2D eigenvalue weighted by Gasteiger charge is -2.28. The number of nitrogens with zero attached hydrogens (tertiary/aromatic N) is 3. The minimum atomic E-state index is -0.715. The number of aromatic nitrogens is 2. The lowest BCUT2D eigenvalue weighted by atomic mass is 10.1. The lowest BCUT2D eigenvalue weighted by Crippen LogP contribution is -2.38. The fourth-order valence-electron chi connectivity index (χ4n) is 3.92. The van der Waals surface area contributed by atoms with E-state index in [0.717, 1.165) is 31.2 Å². The molecule has 1 aliphatic heterocycles. The molecule has 0 bridgehead atoms. The topological polar surface area (TPSA) is 87.5 Å². The SMILES string of the molecule is O=C1NC[C@H](O)Cn2nc(C(=O)N(Cc3ccccc3)C3CCCC3)cc21. The number of nitrogens with one attached hydrogen (secondary N) is 1. The summed E-state index contributed by atoms with van der Waals surface area (Å²) in [6.45, 7) is 0.915. The molecule has 1 aliphatic carbocycles. The van der Waals surface area contributed by atoms with E-state index in [4.69, 9.17) is 0 Å². The quantitative estimate of drug-likeness (QED) is 0.858. The van der Waals surface area contributed by atoms with Gasteiger partial charge in [0.25, 0.3) is 11.8 Å². The third-order valence-corrected chi connectivity index (χ3v) is 5.34. The van der Waals surface area contributed by atoms with Crippen molar-refractivity contribution in [3.8, 4) is 0 Å². The molecule has 1 atom stereocenters. The van der Waals surface area contributed by atoms with Crippen LogP contribution >= 0.6 is 0 Å². The second-order valence-corrected chi connectivity index (χ2v) is 7.32. The summed E-state index contributed by atoms with van der Waals surface area (Å²) >= 11 is 0. The van der Waals surface area contributed by atoms with E-state index in [-0.39, 0.29) is 36.6 Å². The number of aliphatic hydroxyl groups excluding tert-OH is 1. The molecule has 2 amide bonds. The predicted octanol–water partition coefficient (Wildman–Crippen LogP) is 1.57. The van der Waals surface area contributed by atoms with Gasteiger partial charge in [-0.05, 0) is 18.4 Å². The summed E-state index contributed by atoms with van der Waals surface area (Å²) < 4.78 is 1.44. The highest BCUT2D eigenvalue weighted by Crippen LogP contribution is 2.26. The number of fused-ring (bicyclic) bond motifs is 1. The average molecular weight is 368 g/mol.